The summed E-state index contributed by atoms with van der Waals surface area (Å²) >= 11 is 0. The van der Waals surface area contributed by atoms with Gasteiger partial charge in [0.1, 0.15) is 0 Å². The Morgan fingerprint density at radius 1 is 0.316 bits per heavy atom. The van der Waals surface area contributed by atoms with Crippen LogP contribution in [0.4, 0.5) is 79.0 Å². The number of para-hydroxylation sites is 2. The lowest BCUT2D eigenvalue weighted by atomic mass is 9.92. The molecule has 2 heterocycles. The molecule has 3 nitrogen and oxygen atoms in total. The Morgan fingerprint density at radius 2 is 0.645 bits per heavy atom. The first-order valence-corrected chi connectivity index (χ1v) is 22.0. The quantitative estimate of drug-likeness (QED) is 0.158. The molecule has 21 heteroatoms. The molecule has 0 aliphatic heterocycles. The zero-order chi connectivity index (χ0) is 54.8. The minimum Gasteiger partial charge on any atom is -0.308 e. The molecule has 0 saturated carbocycles. The monoisotopic (exact) mass is 1070 g/mol. The number of nitriles is 1. The minimum absolute atomic E-state index is 0.0763. The van der Waals surface area contributed by atoms with Gasteiger partial charge in [-0.2, -0.15) is 84.3 Å². The molecule has 0 saturated heterocycles. The first-order valence-electron chi connectivity index (χ1n) is 22.0. The Bertz CT molecular complexity index is 3830. The van der Waals surface area contributed by atoms with Gasteiger partial charge in [-0.15, -0.1) is 0 Å². The van der Waals surface area contributed by atoms with Gasteiger partial charge in [0.2, 0.25) is 0 Å². The van der Waals surface area contributed by atoms with E-state index in [4.69, 9.17) is 0 Å². The molecule has 10 aromatic rings. The summed E-state index contributed by atoms with van der Waals surface area (Å²) in [5.74, 6) is 0. The molecular weight excluding hydrogens is 1040 g/mol. The van der Waals surface area contributed by atoms with E-state index in [1.54, 1.807) is 0 Å². The first-order chi connectivity index (χ1) is 35.4. The van der Waals surface area contributed by atoms with Gasteiger partial charge in [-0.05, 0) is 101 Å². The third kappa shape index (κ3) is 8.77. The largest absolute Gasteiger partial charge is 0.417 e. The molecule has 0 atom stereocenters. The van der Waals surface area contributed by atoms with Crippen molar-refractivity contribution in [2.75, 3.05) is 0 Å². The summed E-state index contributed by atoms with van der Waals surface area (Å²) in [5, 5.41) is 11.6. The van der Waals surface area contributed by atoms with E-state index in [1.165, 1.54) is 69.8 Å². The SMILES string of the molecule is N#Cc1cc(-n2c3ccccc3c3ccc(-c4ccc(C(F)(F)F)cc4C(F)(F)F)cc32)c(-c2ccc(C(F)(F)F)cc2C(F)(F)F)c(-n2c3ccccc3c3ccc(-c4ccc(C(F)(F)F)cc4C(F)(F)F)cc32)c1. The number of fused-ring (bicyclic) bond motifs is 6. The van der Waals surface area contributed by atoms with Crippen LogP contribution in [0.3, 0.4) is 0 Å². The molecular formula is C55H25F18N3. The highest BCUT2D eigenvalue weighted by atomic mass is 19.4. The van der Waals surface area contributed by atoms with Crippen molar-refractivity contribution in [3.63, 3.8) is 0 Å². The molecule has 2 aromatic heterocycles. The van der Waals surface area contributed by atoms with Crippen LogP contribution in [0.5, 0.6) is 0 Å². The lowest BCUT2D eigenvalue weighted by molar-refractivity contribution is -0.144. The fourth-order valence-electron chi connectivity index (χ4n) is 9.69. The molecule has 76 heavy (non-hydrogen) atoms. The summed E-state index contributed by atoms with van der Waals surface area (Å²) in [6, 6.07) is 25.4. The summed E-state index contributed by atoms with van der Waals surface area (Å²) in [6.07, 6.45) is -32.2. The van der Waals surface area contributed by atoms with Crippen molar-refractivity contribution in [1.82, 2.24) is 9.13 Å². The number of alkyl halides is 18. The van der Waals surface area contributed by atoms with Gasteiger partial charge in [-0.3, -0.25) is 0 Å². The third-order valence-corrected chi connectivity index (χ3v) is 12.9. The fourth-order valence-corrected chi connectivity index (χ4v) is 9.69. The molecule has 0 aliphatic rings. The van der Waals surface area contributed by atoms with Crippen molar-refractivity contribution in [2.45, 2.75) is 37.1 Å². The first kappa shape index (κ1) is 51.1. The highest BCUT2D eigenvalue weighted by molar-refractivity contribution is 6.13. The van der Waals surface area contributed by atoms with Crippen LogP contribution in [-0.2, 0) is 37.1 Å². The van der Waals surface area contributed by atoms with Gasteiger partial charge in [0.05, 0.1) is 78.5 Å². The number of nitrogens with zero attached hydrogens (tertiary/aromatic N) is 3. The van der Waals surface area contributed by atoms with Crippen molar-refractivity contribution in [3.8, 4) is 50.8 Å². The zero-order valence-corrected chi connectivity index (χ0v) is 37.6. The van der Waals surface area contributed by atoms with Gasteiger partial charge < -0.3 is 9.13 Å². The number of hydrogen-bond donors (Lipinski definition) is 0. The molecule has 0 aliphatic carbocycles. The van der Waals surface area contributed by atoms with Crippen LogP contribution < -0.4 is 0 Å². The number of hydrogen-bond acceptors (Lipinski definition) is 1. The van der Waals surface area contributed by atoms with Crippen LogP contribution in [-0.4, -0.2) is 9.13 Å². The Morgan fingerprint density at radius 3 is 0.987 bits per heavy atom. The van der Waals surface area contributed by atoms with Gasteiger partial charge >= 0.3 is 37.1 Å². The maximum atomic E-state index is 15.6. The topological polar surface area (TPSA) is 33.6 Å². The van der Waals surface area contributed by atoms with Gasteiger partial charge in [0.15, 0.2) is 0 Å². The maximum absolute atomic E-state index is 15.6. The molecule has 0 bridgehead atoms. The normalized spacial score (nSPS) is 13.1. The van der Waals surface area contributed by atoms with Crippen LogP contribution in [0.1, 0.15) is 38.9 Å². The summed E-state index contributed by atoms with van der Waals surface area (Å²) in [7, 11) is 0. The van der Waals surface area contributed by atoms with Gasteiger partial charge in [-0.1, -0.05) is 78.9 Å². The second-order valence-electron chi connectivity index (χ2n) is 17.4. The van der Waals surface area contributed by atoms with Gasteiger partial charge in [-0.25, -0.2) is 0 Å². The van der Waals surface area contributed by atoms with Crippen molar-refractivity contribution in [3.05, 3.63) is 191 Å². The van der Waals surface area contributed by atoms with Crippen LogP contribution >= 0.6 is 0 Å². The Labute approximate surface area is 414 Å². The molecule has 0 radical (unpaired) electrons. The summed E-state index contributed by atoms with van der Waals surface area (Å²) < 4.78 is 263. The third-order valence-electron chi connectivity index (χ3n) is 12.9. The highest BCUT2D eigenvalue weighted by Gasteiger charge is 2.42. The van der Waals surface area contributed by atoms with E-state index in [0.29, 0.717) is 36.4 Å². The summed E-state index contributed by atoms with van der Waals surface area (Å²) in [4.78, 5) is 0. The van der Waals surface area contributed by atoms with Crippen LogP contribution in [0.2, 0.25) is 0 Å². The molecule has 0 fully saturated rings. The molecule has 10 rings (SSSR count). The van der Waals surface area contributed by atoms with Crippen molar-refractivity contribution < 1.29 is 79.0 Å². The summed E-state index contributed by atoms with van der Waals surface area (Å²) in [6.45, 7) is 0. The molecule has 0 unspecified atom stereocenters. The number of rotatable bonds is 5. The van der Waals surface area contributed by atoms with E-state index in [0.717, 1.165) is 36.4 Å². The van der Waals surface area contributed by atoms with Gasteiger partial charge in [0, 0.05) is 27.1 Å². The second kappa shape index (κ2) is 17.3. The smallest absolute Gasteiger partial charge is 0.308 e. The van der Waals surface area contributed by atoms with E-state index in [-0.39, 0.29) is 78.5 Å². The molecule has 386 valence electrons. The summed E-state index contributed by atoms with van der Waals surface area (Å²) in [5.41, 5.74) is -15.6. The number of aromatic nitrogens is 2. The van der Waals surface area contributed by atoms with Gasteiger partial charge in [0.25, 0.3) is 0 Å². The van der Waals surface area contributed by atoms with Crippen molar-refractivity contribution in [2.24, 2.45) is 0 Å². The Balaban J connectivity index is 1.38. The number of benzene rings is 8. The van der Waals surface area contributed by atoms with Crippen molar-refractivity contribution >= 4 is 43.6 Å². The van der Waals surface area contributed by atoms with E-state index in [9.17, 15) is 71.1 Å². The van der Waals surface area contributed by atoms with Crippen molar-refractivity contribution in [1.29, 1.82) is 5.26 Å². The molecule has 0 amide bonds. The molecule has 0 N–H and O–H groups in total. The molecule has 8 aromatic carbocycles. The van der Waals surface area contributed by atoms with E-state index in [1.807, 2.05) is 6.07 Å². The molecule has 0 spiro atoms. The van der Waals surface area contributed by atoms with Crippen LogP contribution in [0, 0.1) is 11.3 Å². The maximum Gasteiger partial charge on any atom is 0.417 e. The zero-order valence-electron chi connectivity index (χ0n) is 37.6. The highest BCUT2D eigenvalue weighted by Crippen LogP contribution is 2.50. The lowest BCUT2D eigenvalue weighted by Crippen LogP contribution is -2.14. The van der Waals surface area contributed by atoms with E-state index in [2.05, 4.69) is 0 Å². The number of halogens is 18. The van der Waals surface area contributed by atoms with E-state index >= 15 is 13.2 Å². The average molecular weight is 1070 g/mol. The standard InChI is InChI=1S/C55H25F18N3/c56-50(57,58)30-11-16-33(40(23-30)53(65,66)67)28-9-14-37-35-5-1-3-7-43(35)75(45(37)21-28)47-19-27(26-74)20-48(49(47)39-18-13-32(52(62,63)64)25-42(39)55(71,72)73)76-44-8-4-2-6-36(44)38-15-10-29(22-46(38)76)34-17-12-31(51(59,60)61)24-41(34)54(68,69)70/h1-25H. The fraction of sp³-hybridized carbons (Fsp3) is 0.109. The lowest BCUT2D eigenvalue weighted by Gasteiger charge is -2.24. The predicted octanol–water partition coefficient (Wildman–Crippen LogP) is 18.9. The second-order valence-corrected chi connectivity index (χ2v) is 17.4. The Hall–Kier alpha value is -8.41. The van der Waals surface area contributed by atoms with E-state index < -0.39 is 104 Å². The Kier molecular flexibility index (Phi) is 11.6. The van der Waals surface area contributed by atoms with Crippen LogP contribution in [0.15, 0.2) is 152 Å². The van der Waals surface area contributed by atoms with Crippen LogP contribution in [0.25, 0.3) is 88.4 Å². The average Bonchev–Trinajstić information content (AvgIpc) is 3.94. The minimum atomic E-state index is -5.62. The predicted molar refractivity (Wildman–Crippen MR) is 246 cm³/mol.